The molecule has 0 saturated carbocycles. The fraction of sp³-hybridized carbons (Fsp3) is 0.316. The van der Waals surface area contributed by atoms with Crippen LogP contribution in [0.4, 0.5) is 5.69 Å². The maximum atomic E-state index is 12.4. The molecule has 132 valence electrons. The Balaban J connectivity index is 1.33. The van der Waals surface area contributed by atoms with E-state index in [1.165, 1.54) is 0 Å². The van der Waals surface area contributed by atoms with Crippen LogP contribution in [0.2, 0.25) is 0 Å². The molecule has 0 spiro atoms. The van der Waals surface area contributed by atoms with Crippen molar-refractivity contribution in [2.75, 3.05) is 18.0 Å². The molecule has 1 amide bonds. The van der Waals surface area contributed by atoms with E-state index in [4.69, 9.17) is 0 Å². The van der Waals surface area contributed by atoms with Crippen molar-refractivity contribution in [1.82, 2.24) is 25.3 Å². The van der Waals surface area contributed by atoms with Crippen LogP contribution in [0.15, 0.2) is 49.2 Å². The van der Waals surface area contributed by atoms with Crippen molar-refractivity contribution in [3.05, 3.63) is 54.7 Å². The van der Waals surface area contributed by atoms with Crippen LogP contribution in [0.5, 0.6) is 0 Å². The van der Waals surface area contributed by atoms with Crippen LogP contribution in [-0.4, -0.2) is 38.9 Å². The zero-order chi connectivity index (χ0) is 17.8. The number of fused-ring (bicyclic) bond motifs is 1. The third-order valence-electron chi connectivity index (χ3n) is 4.76. The molecule has 1 saturated heterocycles. The molecule has 0 radical (unpaired) electrons. The van der Waals surface area contributed by atoms with Crippen molar-refractivity contribution in [2.45, 2.75) is 19.4 Å². The summed E-state index contributed by atoms with van der Waals surface area (Å²) in [7, 11) is 0. The van der Waals surface area contributed by atoms with Gasteiger partial charge in [0, 0.05) is 50.3 Å². The van der Waals surface area contributed by atoms with E-state index in [1.807, 2.05) is 24.4 Å². The SMILES string of the molecule is O=C(NCc1ccncc1)C1CCN(c2cnc3nccnc3c2)CC1. The molecule has 1 fully saturated rings. The number of pyridine rings is 2. The average molecular weight is 348 g/mol. The number of anilines is 1. The topological polar surface area (TPSA) is 83.9 Å². The van der Waals surface area contributed by atoms with Crippen molar-refractivity contribution >= 4 is 22.8 Å². The Kier molecular flexibility index (Phi) is 4.68. The molecule has 4 heterocycles. The van der Waals surface area contributed by atoms with Crippen molar-refractivity contribution in [1.29, 1.82) is 0 Å². The van der Waals surface area contributed by atoms with Gasteiger partial charge in [0.1, 0.15) is 5.52 Å². The minimum Gasteiger partial charge on any atom is -0.370 e. The first kappa shape index (κ1) is 16.4. The van der Waals surface area contributed by atoms with E-state index in [0.29, 0.717) is 12.2 Å². The number of piperidine rings is 1. The third kappa shape index (κ3) is 3.61. The van der Waals surface area contributed by atoms with Crippen LogP contribution in [0.25, 0.3) is 11.2 Å². The molecular formula is C19H20N6O. The Morgan fingerprint density at radius 3 is 2.65 bits per heavy atom. The number of amides is 1. The molecule has 0 atom stereocenters. The Morgan fingerprint density at radius 1 is 1.08 bits per heavy atom. The third-order valence-corrected chi connectivity index (χ3v) is 4.76. The van der Waals surface area contributed by atoms with Crippen molar-refractivity contribution in [3.63, 3.8) is 0 Å². The van der Waals surface area contributed by atoms with Crippen LogP contribution in [0.1, 0.15) is 18.4 Å². The normalized spacial score (nSPS) is 15.2. The fourth-order valence-electron chi connectivity index (χ4n) is 3.25. The molecule has 0 bridgehead atoms. The summed E-state index contributed by atoms with van der Waals surface area (Å²) in [6.45, 7) is 2.22. The summed E-state index contributed by atoms with van der Waals surface area (Å²) in [5.41, 5.74) is 3.55. The number of hydrogen-bond acceptors (Lipinski definition) is 6. The molecule has 1 N–H and O–H groups in total. The number of nitrogens with zero attached hydrogens (tertiary/aromatic N) is 5. The number of hydrogen-bond donors (Lipinski definition) is 1. The predicted octanol–water partition coefficient (Wildman–Crippen LogP) is 1.95. The van der Waals surface area contributed by atoms with Gasteiger partial charge in [0.25, 0.3) is 0 Å². The van der Waals surface area contributed by atoms with Gasteiger partial charge in [-0.25, -0.2) is 9.97 Å². The van der Waals surface area contributed by atoms with Crippen LogP contribution in [-0.2, 0) is 11.3 Å². The second kappa shape index (κ2) is 7.43. The van der Waals surface area contributed by atoms with Gasteiger partial charge in [-0.3, -0.25) is 14.8 Å². The van der Waals surface area contributed by atoms with E-state index in [0.717, 1.165) is 42.7 Å². The first-order valence-corrected chi connectivity index (χ1v) is 8.78. The van der Waals surface area contributed by atoms with Gasteiger partial charge in [-0.2, -0.15) is 0 Å². The Bertz CT molecular complexity index is 893. The summed E-state index contributed by atoms with van der Waals surface area (Å²) in [4.78, 5) is 31.5. The van der Waals surface area contributed by atoms with E-state index in [2.05, 4.69) is 30.2 Å². The molecule has 0 aliphatic carbocycles. The van der Waals surface area contributed by atoms with Crippen molar-refractivity contribution in [3.8, 4) is 0 Å². The highest BCUT2D eigenvalue weighted by Crippen LogP contribution is 2.24. The summed E-state index contributed by atoms with van der Waals surface area (Å²) in [5.74, 6) is 0.185. The van der Waals surface area contributed by atoms with Crippen molar-refractivity contribution in [2.24, 2.45) is 5.92 Å². The lowest BCUT2D eigenvalue weighted by molar-refractivity contribution is -0.125. The molecule has 1 aliphatic rings. The van der Waals surface area contributed by atoms with E-state index in [-0.39, 0.29) is 11.8 Å². The Labute approximate surface area is 151 Å². The van der Waals surface area contributed by atoms with Gasteiger partial charge in [-0.1, -0.05) is 0 Å². The first-order chi connectivity index (χ1) is 12.8. The maximum Gasteiger partial charge on any atom is 0.223 e. The summed E-state index contributed by atoms with van der Waals surface area (Å²) in [6.07, 6.45) is 10.3. The first-order valence-electron chi connectivity index (χ1n) is 8.78. The lowest BCUT2D eigenvalue weighted by Gasteiger charge is -2.32. The van der Waals surface area contributed by atoms with Crippen LogP contribution in [0.3, 0.4) is 0 Å². The second-order valence-corrected chi connectivity index (χ2v) is 6.43. The zero-order valence-electron chi connectivity index (χ0n) is 14.4. The quantitative estimate of drug-likeness (QED) is 0.776. The largest absolute Gasteiger partial charge is 0.370 e. The number of aromatic nitrogens is 4. The number of rotatable bonds is 4. The summed E-state index contributed by atoms with van der Waals surface area (Å²) in [6, 6.07) is 5.84. The molecule has 0 unspecified atom stereocenters. The minimum atomic E-state index is 0.0568. The van der Waals surface area contributed by atoms with E-state index in [1.54, 1.807) is 24.8 Å². The van der Waals surface area contributed by atoms with Crippen molar-refractivity contribution < 1.29 is 4.79 Å². The highest BCUT2D eigenvalue weighted by atomic mass is 16.1. The lowest BCUT2D eigenvalue weighted by Crippen LogP contribution is -2.40. The lowest BCUT2D eigenvalue weighted by atomic mass is 9.95. The molecule has 3 aromatic rings. The molecular weight excluding hydrogens is 328 g/mol. The molecule has 3 aromatic heterocycles. The number of nitrogens with one attached hydrogen (secondary N) is 1. The molecule has 4 rings (SSSR count). The standard InChI is InChI=1S/C19H20N6O/c26-19(24-12-14-1-5-20-6-2-14)15-3-9-25(10-4-15)16-11-17-18(23-13-16)22-8-7-21-17/h1-2,5-8,11,13,15H,3-4,9-10,12H2,(H,24,26). The van der Waals surface area contributed by atoms with Gasteiger partial charge in [0.2, 0.25) is 5.91 Å². The molecule has 7 heteroatoms. The summed E-state index contributed by atoms with van der Waals surface area (Å²) >= 11 is 0. The number of carbonyl (C=O) groups is 1. The smallest absolute Gasteiger partial charge is 0.223 e. The van der Waals surface area contributed by atoms with Gasteiger partial charge in [-0.05, 0) is 36.6 Å². The van der Waals surface area contributed by atoms with E-state index >= 15 is 0 Å². The van der Waals surface area contributed by atoms with E-state index in [9.17, 15) is 4.79 Å². The van der Waals surface area contributed by atoms with Crippen LogP contribution in [0, 0.1) is 5.92 Å². The summed E-state index contributed by atoms with van der Waals surface area (Å²) < 4.78 is 0. The monoisotopic (exact) mass is 348 g/mol. The van der Waals surface area contributed by atoms with Gasteiger partial charge in [0.05, 0.1) is 11.9 Å². The second-order valence-electron chi connectivity index (χ2n) is 6.43. The fourth-order valence-corrected chi connectivity index (χ4v) is 3.25. The van der Waals surface area contributed by atoms with Gasteiger partial charge >= 0.3 is 0 Å². The van der Waals surface area contributed by atoms with Gasteiger partial charge in [0.15, 0.2) is 5.65 Å². The molecule has 1 aliphatic heterocycles. The highest BCUT2D eigenvalue weighted by molar-refractivity contribution is 5.79. The molecule has 26 heavy (non-hydrogen) atoms. The maximum absolute atomic E-state index is 12.4. The molecule has 7 nitrogen and oxygen atoms in total. The van der Waals surface area contributed by atoms with Crippen LogP contribution >= 0.6 is 0 Å². The average Bonchev–Trinajstić information content (AvgIpc) is 2.72. The highest BCUT2D eigenvalue weighted by Gasteiger charge is 2.25. The van der Waals surface area contributed by atoms with Gasteiger partial charge in [-0.15, -0.1) is 0 Å². The Morgan fingerprint density at radius 2 is 1.85 bits per heavy atom. The summed E-state index contributed by atoms with van der Waals surface area (Å²) in [5, 5.41) is 3.03. The predicted molar refractivity (Wildman–Crippen MR) is 98.4 cm³/mol. The van der Waals surface area contributed by atoms with Gasteiger partial charge < -0.3 is 10.2 Å². The Hall–Kier alpha value is -3.09. The van der Waals surface area contributed by atoms with Crippen LogP contribution < -0.4 is 10.2 Å². The zero-order valence-corrected chi connectivity index (χ0v) is 14.4. The number of carbonyl (C=O) groups excluding carboxylic acids is 1. The molecule has 0 aromatic carbocycles. The minimum absolute atomic E-state index is 0.0568. The van der Waals surface area contributed by atoms with E-state index < -0.39 is 0 Å².